The average Bonchev–Trinajstić information content (AvgIpc) is 3.60. The molecule has 1 amide bonds. The third kappa shape index (κ3) is 5.21. The molecule has 0 radical (unpaired) electrons. The fraction of sp³-hybridized carbons (Fsp3) is 0.467. The third-order valence-electron chi connectivity index (χ3n) is 8.15. The van der Waals surface area contributed by atoms with Crippen LogP contribution in [0, 0.1) is 31.1 Å². The van der Waals surface area contributed by atoms with Crippen LogP contribution in [-0.2, 0) is 6.42 Å². The summed E-state index contributed by atoms with van der Waals surface area (Å²) in [5, 5.41) is 17.9. The van der Waals surface area contributed by atoms with Crippen LogP contribution in [0.5, 0.6) is 0 Å². The van der Waals surface area contributed by atoms with Crippen molar-refractivity contribution in [2.24, 2.45) is 5.92 Å². The van der Waals surface area contributed by atoms with Gasteiger partial charge in [-0.2, -0.15) is 5.26 Å². The average molecular weight is 482 g/mol. The van der Waals surface area contributed by atoms with Crippen molar-refractivity contribution in [1.29, 1.82) is 5.26 Å². The van der Waals surface area contributed by atoms with E-state index in [4.69, 9.17) is 5.26 Å². The number of carbonyl (C=O) groups excluding carboxylic acids is 1. The molecule has 2 aromatic carbocycles. The fourth-order valence-corrected chi connectivity index (χ4v) is 5.92. The first kappa shape index (κ1) is 24.2. The van der Waals surface area contributed by atoms with Gasteiger partial charge in [-0.15, -0.1) is 10.2 Å². The van der Waals surface area contributed by atoms with Crippen molar-refractivity contribution in [1.82, 2.24) is 20.1 Å². The van der Waals surface area contributed by atoms with Crippen LogP contribution in [0.2, 0.25) is 0 Å². The number of likely N-dealkylation sites (tertiary alicyclic amines) is 1. The van der Waals surface area contributed by atoms with Crippen LogP contribution < -0.4 is 0 Å². The Kier molecular flexibility index (Phi) is 7.18. The summed E-state index contributed by atoms with van der Waals surface area (Å²) in [7, 11) is 0. The number of aromatic nitrogens is 3. The second-order valence-corrected chi connectivity index (χ2v) is 10.6. The van der Waals surface area contributed by atoms with E-state index in [1.807, 2.05) is 30.0 Å². The van der Waals surface area contributed by atoms with Crippen LogP contribution in [0.3, 0.4) is 0 Å². The lowest BCUT2D eigenvalue weighted by Gasteiger charge is -2.32. The highest BCUT2D eigenvalue weighted by Gasteiger charge is 2.26. The minimum absolute atomic E-state index is 0.0907. The molecule has 1 saturated carbocycles. The van der Waals surface area contributed by atoms with Gasteiger partial charge in [-0.25, -0.2) is 0 Å². The Morgan fingerprint density at radius 2 is 1.75 bits per heavy atom. The Morgan fingerprint density at radius 1 is 1.03 bits per heavy atom. The van der Waals surface area contributed by atoms with E-state index in [1.54, 1.807) is 0 Å². The van der Waals surface area contributed by atoms with Crippen molar-refractivity contribution in [2.45, 2.75) is 71.1 Å². The van der Waals surface area contributed by atoms with Gasteiger partial charge in [0, 0.05) is 30.6 Å². The molecule has 1 aliphatic heterocycles. The normalized spacial score (nSPS) is 16.9. The molecule has 1 aliphatic carbocycles. The number of hydrogen-bond acceptors (Lipinski definition) is 4. The number of hydrogen-bond donors (Lipinski definition) is 1. The number of nitriles is 1. The van der Waals surface area contributed by atoms with Crippen LogP contribution >= 0.6 is 0 Å². The summed E-state index contributed by atoms with van der Waals surface area (Å²) >= 11 is 0. The zero-order valence-corrected chi connectivity index (χ0v) is 21.4. The quantitative estimate of drug-likeness (QED) is 0.461. The van der Waals surface area contributed by atoms with E-state index < -0.39 is 0 Å². The molecule has 36 heavy (non-hydrogen) atoms. The van der Waals surface area contributed by atoms with Gasteiger partial charge in [-0.3, -0.25) is 4.79 Å². The predicted octanol–water partition coefficient (Wildman–Crippen LogP) is 6.10. The van der Waals surface area contributed by atoms with Crippen molar-refractivity contribution in [3.05, 3.63) is 70.0 Å². The molecule has 186 valence electrons. The number of benzene rings is 2. The summed E-state index contributed by atoms with van der Waals surface area (Å²) in [5.74, 6) is 3.03. The lowest BCUT2D eigenvalue weighted by Crippen LogP contribution is -2.38. The maximum absolute atomic E-state index is 13.5. The fourth-order valence-electron chi connectivity index (χ4n) is 5.92. The Hall–Kier alpha value is -3.46. The minimum atomic E-state index is 0.0907. The maximum atomic E-state index is 13.5. The van der Waals surface area contributed by atoms with E-state index in [0.717, 1.165) is 72.2 Å². The number of aryl methyl sites for hydroxylation is 3. The SMILES string of the molecule is Cc1cc(C)c(-c2nnc(CCC3CCCC3)[nH]2)cc1C(=O)N1CCC(c2ccc(C#N)cc2)CC1. The van der Waals surface area contributed by atoms with Crippen LogP contribution in [0.1, 0.15) is 89.3 Å². The van der Waals surface area contributed by atoms with Gasteiger partial charge in [-0.1, -0.05) is 43.9 Å². The first-order valence-electron chi connectivity index (χ1n) is 13.3. The number of nitrogens with zero attached hydrogens (tertiary/aromatic N) is 4. The number of aromatic amines is 1. The lowest BCUT2D eigenvalue weighted by molar-refractivity contribution is 0.0712. The molecule has 1 saturated heterocycles. The number of nitrogens with one attached hydrogen (secondary N) is 1. The summed E-state index contributed by atoms with van der Waals surface area (Å²) in [6.07, 6.45) is 9.37. The molecule has 1 N–H and O–H groups in total. The number of H-pyrrole nitrogens is 1. The molecule has 0 bridgehead atoms. The predicted molar refractivity (Wildman–Crippen MR) is 141 cm³/mol. The van der Waals surface area contributed by atoms with Gasteiger partial charge >= 0.3 is 0 Å². The van der Waals surface area contributed by atoms with Gasteiger partial charge in [0.1, 0.15) is 5.82 Å². The van der Waals surface area contributed by atoms with Gasteiger partial charge in [-0.05, 0) is 79.8 Å². The molecule has 2 aliphatic rings. The Balaban J connectivity index is 1.26. The molecule has 0 atom stereocenters. The van der Waals surface area contributed by atoms with Crippen LogP contribution in [-0.4, -0.2) is 39.1 Å². The van der Waals surface area contributed by atoms with E-state index in [-0.39, 0.29) is 5.91 Å². The molecule has 6 nitrogen and oxygen atoms in total. The first-order chi connectivity index (χ1) is 17.5. The smallest absolute Gasteiger partial charge is 0.254 e. The molecule has 0 spiro atoms. The molecule has 0 unspecified atom stereocenters. The summed E-state index contributed by atoms with van der Waals surface area (Å²) in [6, 6.07) is 14.1. The Labute approximate surface area is 213 Å². The largest absolute Gasteiger partial charge is 0.339 e. The monoisotopic (exact) mass is 481 g/mol. The number of carbonyl (C=O) groups is 1. The second kappa shape index (κ2) is 10.7. The number of amides is 1. The van der Waals surface area contributed by atoms with Gasteiger partial charge in [0.2, 0.25) is 0 Å². The van der Waals surface area contributed by atoms with E-state index in [1.165, 1.54) is 37.7 Å². The topological polar surface area (TPSA) is 85.7 Å². The van der Waals surface area contributed by atoms with Crippen LogP contribution in [0.4, 0.5) is 0 Å². The van der Waals surface area contributed by atoms with E-state index in [2.05, 4.69) is 46.4 Å². The van der Waals surface area contributed by atoms with Gasteiger partial charge in [0.25, 0.3) is 5.91 Å². The van der Waals surface area contributed by atoms with Gasteiger partial charge in [0.05, 0.1) is 11.6 Å². The molecule has 6 heteroatoms. The van der Waals surface area contributed by atoms with E-state index in [9.17, 15) is 4.79 Å². The summed E-state index contributed by atoms with van der Waals surface area (Å²) < 4.78 is 0. The highest BCUT2D eigenvalue weighted by atomic mass is 16.2. The van der Waals surface area contributed by atoms with Crippen molar-refractivity contribution in [3.8, 4) is 17.5 Å². The first-order valence-corrected chi connectivity index (χ1v) is 13.3. The molecular weight excluding hydrogens is 446 g/mol. The maximum Gasteiger partial charge on any atom is 0.254 e. The van der Waals surface area contributed by atoms with E-state index in [0.29, 0.717) is 11.5 Å². The van der Waals surface area contributed by atoms with Gasteiger partial charge in [0.15, 0.2) is 5.82 Å². The zero-order valence-electron chi connectivity index (χ0n) is 21.4. The molecule has 2 fully saturated rings. The van der Waals surface area contributed by atoms with Crippen molar-refractivity contribution < 1.29 is 4.79 Å². The highest BCUT2D eigenvalue weighted by molar-refractivity contribution is 5.97. The van der Waals surface area contributed by atoms with Crippen molar-refractivity contribution in [2.75, 3.05) is 13.1 Å². The minimum Gasteiger partial charge on any atom is -0.339 e. The molecular formula is C30H35N5O. The van der Waals surface area contributed by atoms with Gasteiger partial charge < -0.3 is 9.88 Å². The molecule has 2 heterocycles. The molecule has 5 rings (SSSR count). The standard InChI is InChI=1S/C30H35N5O/c1-20-17-21(2)27(18-26(20)29-32-28(33-34-29)12-9-22-5-3-4-6-22)30(36)35-15-13-25(14-16-35)24-10-7-23(19-31)8-11-24/h7-8,10-11,17-18,22,25H,3-6,9,12-16H2,1-2H3,(H,32,33,34). The van der Waals surface area contributed by atoms with Crippen LogP contribution in [0.15, 0.2) is 36.4 Å². The summed E-state index contributed by atoms with van der Waals surface area (Å²) in [4.78, 5) is 18.9. The summed E-state index contributed by atoms with van der Waals surface area (Å²) in [5.41, 5.74) is 5.74. The van der Waals surface area contributed by atoms with Crippen molar-refractivity contribution in [3.63, 3.8) is 0 Å². The van der Waals surface area contributed by atoms with Crippen LogP contribution in [0.25, 0.3) is 11.4 Å². The van der Waals surface area contributed by atoms with Crippen molar-refractivity contribution >= 4 is 5.91 Å². The molecule has 1 aromatic heterocycles. The highest BCUT2D eigenvalue weighted by Crippen LogP contribution is 2.31. The number of rotatable bonds is 6. The third-order valence-corrected chi connectivity index (χ3v) is 8.15. The number of piperidine rings is 1. The Morgan fingerprint density at radius 3 is 2.44 bits per heavy atom. The Bertz CT molecular complexity index is 1260. The summed E-state index contributed by atoms with van der Waals surface area (Å²) in [6.45, 7) is 5.56. The molecule has 3 aromatic rings. The second-order valence-electron chi connectivity index (χ2n) is 10.6. The zero-order chi connectivity index (χ0) is 25.1. The van der Waals surface area contributed by atoms with E-state index >= 15 is 0 Å². The lowest BCUT2D eigenvalue weighted by atomic mass is 9.88.